The molecule has 0 atom stereocenters. The zero-order valence-corrected chi connectivity index (χ0v) is 23.7. The fourth-order valence-electron chi connectivity index (χ4n) is 2.79. The smallest absolute Gasteiger partial charge is 0.0688 e. The number of aliphatic hydroxyl groups is 8. The molecular weight excluding hydrogens is 690 g/mol. The van der Waals surface area contributed by atoms with Gasteiger partial charge in [0.25, 0.3) is 0 Å². The summed E-state index contributed by atoms with van der Waals surface area (Å²) in [4.78, 5) is 0. The second kappa shape index (κ2) is 19.7. The molecule has 2 rings (SSSR count). The zero-order chi connectivity index (χ0) is 23.9. The largest absolute Gasteiger partial charge is 0.391 e. The molecule has 8 nitrogen and oxygen atoms in total. The van der Waals surface area contributed by atoms with Crippen LogP contribution in [0.4, 0.5) is 0 Å². The molecule has 0 aliphatic rings. The van der Waals surface area contributed by atoms with Crippen LogP contribution in [-0.4, -0.2) is 91.6 Å². The zero-order valence-electron chi connectivity index (χ0n) is 17.9. The predicted molar refractivity (Wildman–Crippen MR) is 136 cm³/mol. The number of hydrogen-bond acceptors (Lipinski definition) is 8. The fraction of sp³-hybridized carbons (Fsp3) is 0.400. The van der Waals surface area contributed by atoms with E-state index in [0.717, 1.165) is 21.2 Å². The Labute approximate surface area is 214 Å². The molecule has 8 N–H and O–H groups in total. The van der Waals surface area contributed by atoms with Crippen molar-refractivity contribution >= 4 is 52.9 Å². The van der Waals surface area contributed by atoms with Crippen LogP contribution < -0.4 is 21.2 Å². The maximum atomic E-state index is 9.18. The van der Waals surface area contributed by atoms with Crippen molar-refractivity contribution in [2.24, 2.45) is 0 Å². The first-order valence-corrected chi connectivity index (χ1v) is 16.5. The Hall–Kier alpha value is 0.580. The Bertz CT molecular complexity index is 635. The van der Waals surface area contributed by atoms with Crippen molar-refractivity contribution in [2.45, 2.75) is 0 Å². The van der Waals surface area contributed by atoms with Crippen molar-refractivity contribution in [2.75, 3.05) is 50.8 Å². The van der Waals surface area contributed by atoms with E-state index in [-0.39, 0.29) is 73.2 Å². The Morgan fingerprint density at radius 2 is 0.515 bits per heavy atom. The summed E-state index contributed by atoms with van der Waals surface area (Å²) >= 11 is 0. The molecule has 0 bridgehead atoms. The van der Waals surface area contributed by atoms with E-state index in [9.17, 15) is 40.9 Å². The third-order valence-corrected chi connectivity index (χ3v) is 11.9. The average Bonchev–Trinajstić information content (AvgIpc) is 2.84. The molecule has 0 spiro atoms. The first-order valence-electron chi connectivity index (χ1n) is 9.61. The molecule has 0 heterocycles. The van der Waals surface area contributed by atoms with Gasteiger partial charge >= 0.3 is 0 Å². The minimum absolute atomic E-state index is 0. The number of rotatable bonds is 12. The molecule has 0 saturated heterocycles. The SMILES string of the molecule is OCP(CO)c1ccccc1P(CO)CO.OCP(CO)c1ccccc1P(CO)CO.[198Au]. The summed E-state index contributed by atoms with van der Waals surface area (Å²) < 4.78 is 0. The second-order valence-electron chi connectivity index (χ2n) is 6.27. The van der Waals surface area contributed by atoms with Crippen LogP contribution in [0.5, 0.6) is 0 Å². The number of benzene rings is 2. The predicted octanol–water partition coefficient (Wildman–Crippen LogP) is -0.602. The molecule has 0 amide bonds. The van der Waals surface area contributed by atoms with Gasteiger partial charge in [-0.1, -0.05) is 48.5 Å². The van der Waals surface area contributed by atoms with Gasteiger partial charge in [-0.05, 0) is 52.9 Å². The van der Waals surface area contributed by atoms with E-state index in [1.807, 2.05) is 48.5 Å². The summed E-state index contributed by atoms with van der Waals surface area (Å²) in [7, 11) is -4.04. The summed E-state index contributed by atoms with van der Waals surface area (Å²) in [6.07, 6.45) is -0.644. The molecule has 0 aliphatic heterocycles. The summed E-state index contributed by atoms with van der Waals surface area (Å²) in [6, 6.07) is 14.7. The van der Waals surface area contributed by atoms with Gasteiger partial charge in [0.2, 0.25) is 0 Å². The molecule has 0 aliphatic carbocycles. The fourth-order valence-corrected chi connectivity index (χ4v) is 8.84. The van der Waals surface area contributed by atoms with E-state index in [0.29, 0.717) is 0 Å². The van der Waals surface area contributed by atoms with E-state index < -0.39 is 31.7 Å². The molecular formula is C20H32AuO8P4. The molecule has 33 heavy (non-hydrogen) atoms. The third-order valence-electron chi connectivity index (χ3n) is 4.49. The minimum atomic E-state index is -1.01. The molecule has 0 fully saturated rings. The van der Waals surface area contributed by atoms with Crippen LogP contribution in [0.15, 0.2) is 48.5 Å². The van der Waals surface area contributed by atoms with Crippen molar-refractivity contribution in [3.63, 3.8) is 0 Å². The monoisotopic (exact) mass is 722 g/mol. The summed E-state index contributed by atoms with van der Waals surface area (Å²) in [5.41, 5.74) is 0. The van der Waals surface area contributed by atoms with E-state index in [2.05, 4.69) is 0 Å². The summed E-state index contributed by atoms with van der Waals surface area (Å²) in [6.45, 7) is 0. The Balaban J connectivity index is 0.000000602. The Kier molecular flexibility index (Phi) is 20.1. The van der Waals surface area contributed by atoms with Crippen molar-refractivity contribution in [1.29, 1.82) is 0 Å². The van der Waals surface area contributed by atoms with Crippen LogP contribution >= 0.6 is 31.7 Å². The molecule has 2 aromatic carbocycles. The number of aliphatic hydroxyl groups excluding tert-OH is 8. The van der Waals surface area contributed by atoms with E-state index in [1.54, 1.807) is 0 Å². The van der Waals surface area contributed by atoms with Crippen LogP contribution in [0, 0.1) is 0 Å². The summed E-state index contributed by atoms with van der Waals surface area (Å²) in [5, 5.41) is 76.9. The van der Waals surface area contributed by atoms with Gasteiger partial charge in [0, 0.05) is 22.4 Å². The van der Waals surface area contributed by atoms with Crippen LogP contribution in [-0.2, 0) is 22.4 Å². The van der Waals surface area contributed by atoms with Crippen LogP contribution in [0.25, 0.3) is 0 Å². The van der Waals surface area contributed by atoms with Crippen molar-refractivity contribution in [1.82, 2.24) is 0 Å². The van der Waals surface area contributed by atoms with Gasteiger partial charge in [-0.3, -0.25) is 0 Å². The van der Waals surface area contributed by atoms with Gasteiger partial charge in [0.05, 0.1) is 50.8 Å². The van der Waals surface area contributed by atoms with Crippen LogP contribution in [0.2, 0.25) is 0 Å². The molecule has 0 saturated carbocycles. The maximum Gasteiger partial charge on any atom is 0.0688 e. The van der Waals surface area contributed by atoms with Crippen molar-refractivity contribution in [3.05, 3.63) is 48.5 Å². The second-order valence-corrected chi connectivity index (χ2v) is 14.8. The van der Waals surface area contributed by atoms with Crippen molar-refractivity contribution in [3.8, 4) is 0 Å². The number of hydrogen-bond donors (Lipinski definition) is 8. The summed E-state index contributed by atoms with van der Waals surface area (Å²) in [5.74, 6) is 0. The molecule has 191 valence electrons. The third kappa shape index (κ3) is 10.2. The van der Waals surface area contributed by atoms with Gasteiger partial charge in [0.1, 0.15) is 0 Å². The van der Waals surface area contributed by atoms with E-state index in [4.69, 9.17) is 0 Å². The Morgan fingerprint density at radius 1 is 0.364 bits per heavy atom. The normalized spacial score (nSPS) is 11.0. The first-order chi connectivity index (χ1) is 15.6. The van der Waals surface area contributed by atoms with Gasteiger partial charge in [-0.15, -0.1) is 0 Å². The van der Waals surface area contributed by atoms with E-state index in [1.165, 1.54) is 0 Å². The minimum Gasteiger partial charge on any atom is -0.391 e. The maximum absolute atomic E-state index is 9.18. The standard InChI is InChI=1S/2C10H16O4P2.Au/c2*11-5-15(6-12)9-3-1-2-4-10(9)16(7-13)8-14;/h2*1-4,11-14H,5-8H2;/i;;1+1. The average molecular weight is 722 g/mol. The van der Waals surface area contributed by atoms with E-state index >= 15 is 0 Å². The molecule has 13 heteroatoms. The van der Waals surface area contributed by atoms with Crippen LogP contribution in [0.1, 0.15) is 0 Å². The Morgan fingerprint density at radius 3 is 0.636 bits per heavy atom. The molecule has 1 radical (unpaired) electrons. The van der Waals surface area contributed by atoms with Crippen LogP contribution in [0.3, 0.4) is 0 Å². The topological polar surface area (TPSA) is 162 Å². The molecule has 2 aromatic rings. The van der Waals surface area contributed by atoms with Gasteiger partial charge in [-0.25, -0.2) is 0 Å². The van der Waals surface area contributed by atoms with Crippen molar-refractivity contribution < 1.29 is 63.2 Å². The van der Waals surface area contributed by atoms with Gasteiger partial charge < -0.3 is 40.9 Å². The van der Waals surface area contributed by atoms with Gasteiger partial charge in [0.15, 0.2) is 0 Å². The first kappa shape index (κ1) is 33.6. The molecule has 0 aromatic heterocycles. The quantitative estimate of drug-likeness (QED) is 0.107. The molecule has 0 unspecified atom stereocenters. The van der Waals surface area contributed by atoms with Gasteiger partial charge in [-0.2, -0.15) is 0 Å².